The lowest BCUT2D eigenvalue weighted by Gasteiger charge is -2.45. The number of fused-ring (bicyclic) bond motifs is 1. The average Bonchev–Trinajstić information content (AvgIpc) is 2.81. The number of nitrogens with zero attached hydrogens (tertiary/aromatic N) is 2. The second-order valence-electron chi connectivity index (χ2n) is 5.33. The molecule has 0 bridgehead atoms. The Kier molecular flexibility index (Phi) is 3.83. The molecule has 0 saturated carbocycles. The molecule has 114 valence electrons. The third kappa shape index (κ3) is 2.17. The second-order valence-corrected chi connectivity index (χ2v) is 5.77. The smallest absolute Gasteiger partial charge is 0.255 e. The molecule has 1 saturated heterocycles. The Morgan fingerprint density at radius 1 is 1.45 bits per heavy atom. The van der Waals surface area contributed by atoms with Gasteiger partial charge in [-0.15, -0.1) is 5.73 Å². The number of rotatable bonds is 4. The highest BCUT2D eigenvalue weighted by Crippen LogP contribution is 2.39. The Balaban J connectivity index is 2.05. The van der Waals surface area contributed by atoms with Gasteiger partial charge in [0.15, 0.2) is 6.10 Å². The van der Waals surface area contributed by atoms with Gasteiger partial charge in [-0.3, -0.25) is 4.79 Å². The summed E-state index contributed by atoms with van der Waals surface area (Å²) in [6, 6.07) is 7.73. The van der Waals surface area contributed by atoms with Gasteiger partial charge < -0.3 is 14.2 Å². The van der Waals surface area contributed by atoms with Crippen molar-refractivity contribution in [2.45, 2.75) is 12.1 Å². The van der Waals surface area contributed by atoms with Crippen molar-refractivity contribution in [3.05, 3.63) is 53.4 Å². The molecule has 5 heteroatoms. The van der Waals surface area contributed by atoms with Crippen molar-refractivity contribution < 1.29 is 9.53 Å². The highest BCUT2D eigenvalue weighted by Gasteiger charge is 2.49. The van der Waals surface area contributed by atoms with Gasteiger partial charge in [0.2, 0.25) is 0 Å². The average molecular weight is 317 g/mol. The van der Waals surface area contributed by atoms with E-state index in [0.29, 0.717) is 11.6 Å². The van der Waals surface area contributed by atoms with Crippen LogP contribution in [0, 0.1) is 0 Å². The summed E-state index contributed by atoms with van der Waals surface area (Å²) in [4.78, 5) is 13.9. The summed E-state index contributed by atoms with van der Waals surface area (Å²) in [7, 11) is 3.55. The molecule has 4 nitrogen and oxygen atoms in total. The van der Waals surface area contributed by atoms with Crippen LogP contribution in [0.5, 0.6) is 0 Å². The summed E-state index contributed by atoms with van der Waals surface area (Å²) >= 11 is 6.07. The van der Waals surface area contributed by atoms with Crippen LogP contribution in [0.15, 0.2) is 42.7 Å². The molecule has 22 heavy (non-hydrogen) atoms. The van der Waals surface area contributed by atoms with Gasteiger partial charge in [-0.1, -0.05) is 18.2 Å². The fourth-order valence-electron chi connectivity index (χ4n) is 3.05. The number of carbonyl (C=O) groups excluding carboxylic acids is 1. The van der Waals surface area contributed by atoms with Crippen molar-refractivity contribution in [3.8, 4) is 0 Å². The number of aromatic nitrogens is 1. The molecule has 1 aliphatic heterocycles. The van der Waals surface area contributed by atoms with Gasteiger partial charge in [-0.2, -0.15) is 0 Å². The predicted molar refractivity (Wildman–Crippen MR) is 86.9 cm³/mol. The number of likely N-dealkylation sites (tertiary alicyclic amines) is 1. The molecule has 3 rings (SSSR count). The van der Waals surface area contributed by atoms with Crippen molar-refractivity contribution >= 4 is 28.4 Å². The van der Waals surface area contributed by atoms with E-state index in [1.807, 2.05) is 25.2 Å². The van der Waals surface area contributed by atoms with Gasteiger partial charge in [0, 0.05) is 42.3 Å². The number of carbonyl (C=O) groups is 1. The van der Waals surface area contributed by atoms with Gasteiger partial charge in [0.05, 0.1) is 0 Å². The van der Waals surface area contributed by atoms with Crippen molar-refractivity contribution in [3.63, 3.8) is 0 Å². The Morgan fingerprint density at radius 3 is 2.91 bits per heavy atom. The first-order valence-electron chi connectivity index (χ1n) is 7.01. The topological polar surface area (TPSA) is 34.5 Å². The van der Waals surface area contributed by atoms with Crippen LogP contribution in [0.2, 0.25) is 5.02 Å². The van der Waals surface area contributed by atoms with E-state index in [-0.39, 0.29) is 11.9 Å². The molecule has 0 N–H and O–H groups in total. The molecule has 2 atom stereocenters. The number of β-lactam (4-membered cyclic amide) rings is 1. The number of methoxy groups -OCH3 is 1. The van der Waals surface area contributed by atoms with E-state index in [9.17, 15) is 4.79 Å². The van der Waals surface area contributed by atoms with Crippen molar-refractivity contribution in [2.75, 3.05) is 13.7 Å². The van der Waals surface area contributed by atoms with Crippen LogP contribution >= 0.6 is 11.6 Å². The first-order chi connectivity index (χ1) is 10.6. The Bertz CT molecular complexity index is 789. The SMILES string of the molecule is C=C=CCN1C(=O)C(OC)C1c1cc2cc(Cl)ccc2n1C. The monoisotopic (exact) mass is 316 g/mol. The highest BCUT2D eigenvalue weighted by atomic mass is 35.5. The van der Waals surface area contributed by atoms with Crippen LogP contribution in [0.4, 0.5) is 0 Å². The molecule has 2 unspecified atom stereocenters. The van der Waals surface area contributed by atoms with Crippen LogP contribution in [0.1, 0.15) is 11.7 Å². The lowest BCUT2D eigenvalue weighted by Crippen LogP contribution is -2.59. The maximum absolute atomic E-state index is 12.2. The third-order valence-electron chi connectivity index (χ3n) is 4.18. The van der Waals surface area contributed by atoms with E-state index >= 15 is 0 Å². The van der Waals surface area contributed by atoms with Gasteiger partial charge in [0.25, 0.3) is 5.91 Å². The van der Waals surface area contributed by atoms with Crippen LogP contribution in [0.3, 0.4) is 0 Å². The van der Waals surface area contributed by atoms with Gasteiger partial charge >= 0.3 is 0 Å². The molecule has 2 heterocycles. The van der Waals surface area contributed by atoms with Crippen LogP contribution in [-0.4, -0.2) is 35.1 Å². The molecular formula is C17H17ClN2O2. The van der Waals surface area contributed by atoms with Gasteiger partial charge in [-0.25, -0.2) is 0 Å². The minimum Gasteiger partial charge on any atom is -0.369 e. The van der Waals surface area contributed by atoms with Crippen molar-refractivity contribution in [2.24, 2.45) is 7.05 Å². The molecule has 1 amide bonds. The number of benzene rings is 1. The molecule has 0 spiro atoms. The van der Waals surface area contributed by atoms with E-state index in [2.05, 4.69) is 22.9 Å². The number of halogens is 1. The first kappa shape index (κ1) is 14.9. The number of hydrogen-bond acceptors (Lipinski definition) is 2. The molecule has 1 aromatic heterocycles. The lowest BCUT2D eigenvalue weighted by molar-refractivity contribution is -0.170. The molecular weight excluding hydrogens is 300 g/mol. The van der Waals surface area contributed by atoms with E-state index < -0.39 is 6.10 Å². The molecule has 0 radical (unpaired) electrons. The van der Waals surface area contributed by atoms with Crippen LogP contribution < -0.4 is 0 Å². The Labute approximate surface area is 134 Å². The zero-order valence-corrected chi connectivity index (χ0v) is 13.3. The standard InChI is InChI=1S/C17H17ClN2O2/c1-4-5-8-20-15(16(22-3)17(20)21)14-10-11-9-12(18)6-7-13(11)19(14)2/h5-7,9-10,15-16H,1,8H2,2-3H3. The zero-order chi connectivity index (χ0) is 15.9. The molecule has 0 aliphatic carbocycles. The lowest BCUT2D eigenvalue weighted by atomic mass is 9.94. The maximum atomic E-state index is 12.2. The summed E-state index contributed by atoms with van der Waals surface area (Å²) in [5.74, 6) is -0.0118. The van der Waals surface area contributed by atoms with E-state index in [1.165, 1.54) is 0 Å². The number of hydrogen-bond donors (Lipinski definition) is 0. The maximum Gasteiger partial charge on any atom is 0.255 e. The highest BCUT2D eigenvalue weighted by molar-refractivity contribution is 6.31. The molecule has 1 aromatic carbocycles. The fourth-order valence-corrected chi connectivity index (χ4v) is 3.23. The Morgan fingerprint density at radius 2 is 2.23 bits per heavy atom. The van der Waals surface area contributed by atoms with Crippen LogP contribution in [-0.2, 0) is 16.6 Å². The number of amides is 1. The number of aryl methyl sites for hydroxylation is 1. The summed E-state index contributed by atoms with van der Waals surface area (Å²) in [5.41, 5.74) is 4.81. The minimum atomic E-state index is -0.448. The summed E-state index contributed by atoms with van der Waals surface area (Å²) in [5, 5.41) is 1.75. The van der Waals surface area contributed by atoms with E-state index in [0.717, 1.165) is 16.6 Å². The first-order valence-corrected chi connectivity index (χ1v) is 7.38. The minimum absolute atomic E-state index is 0.0118. The molecule has 1 fully saturated rings. The van der Waals surface area contributed by atoms with Gasteiger partial charge in [0.1, 0.15) is 6.04 Å². The summed E-state index contributed by atoms with van der Waals surface area (Å²) < 4.78 is 7.45. The van der Waals surface area contributed by atoms with Crippen molar-refractivity contribution in [1.29, 1.82) is 0 Å². The quantitative estimate of drug-likeness (QED) is 0.642. The third-order valence-corrected chi connectivity index (χ3v) is 4.42. The number of ether oxygens (including phenoxy) is 1. The van der Waals surface area contributed by atoms with Gasteiger partial charge in [-0.05, 0) is 30.3 Å². The zero-order valence-electron chi connectivity index (χ0n) is 12.5. The second kappa shape index (κ2) is 5.65. The normalized spacial score (nSPS) is 20.9. The summed E-state index contributed by atoms with van der Waals surface area (Å²) in [6.07, 6.45) is 1.30. The Hall–Kier alpha value is -2.00. The predicted octanol–water partition coefficient (Wildman–Crippen LogP) is 3.07. The van der Waals surface area contributed by atoms with E-state index in [4.69, 9.17) is 16.3 Å². The van der Waals surface area contributed by atoms with E-state index in [1.54, 1.807) is 18.1 Å². The molecule has 2 aromatic rings. The van der Waals surface area contributed by atoms with Crippen LogP contribution in [0.25, 0.3) is 10.9 Å². The molecule has 1 aliphatic rings. The van der Waals surface area contributed by atoms with Crippen molar-refractivity contribution in [1.82, 2.24) is 9.47 Å². The summed E-state index contributed by atoms with van der Waals surface area (Å²) in [6.45, 7) is 4.03. The fraction of sp³-hybridized carbons (Fsp3) is 0.294. The largest absolute Gasteiger partial charge is 0.369 e.